The summed E-state index contributed by atoms with van der Waals surface area (Å²) in [6, 6.07) is 6.97. The molecular formula is C15H16F2N3O4S-. The molecule has 0 saturated heterocycles. The van der Waals surface area contributed by atoms with Gasteiger partial charge < -0.3 is 19.9 Å². The standard InChI is InChI=1S/C15H16F2N3O4S/c1-15(16,17)25-12-4-2-10(3-5-12)8-23-11-6-19-7-13(20(21)22)18-14(19)24-9-11/h2-5,7,11,21H,6,8-9H2,1H3/q-1/t11-/m0/s1. The van der Waals surface area contributed by atoms with Crippen molar-refractivity contribution >= 4 is 17.6 Å². The molecule has 1 aliphatic heterocycles. The molecule has 0 unspecified atom stereocenters. The van der Waals surface area contributed by atoms with Crippen LogP contribution in [0, 0.1) is 5.21 Å². The fourth-order valence-electron chi connectivity index (χ4n) is 2.34. The Bertz CT molecular complexity index is 719. The van der Waals surface area contributed by atoms with E-state index in [1.807, 2.05) is 0 Å². The number of alkyl halides is 2. The van der Waals surface area contributed by atoms with E-state index in [4.69, 9.17) is 14.7 Å². The van der Waals surface area contributed by atoms with Crippen LogP contribution >= 0.6 is 11.8 Å². The van der Waals surface area contributed by atoms with E-state index in [0.717, 1.165) is 12.5 Å². The first-order chi connectivity index (χ1) is 11.8. The van der Waals surface area contributed by atoms with Gasteiger partial charge in [0.2, 0.25) is 0 Å². The van der Waals surface area contributed by atoms with Crippen LogP contribution in [0.5, 0.6) is 6.01 Å². The zero-order chi connectivity index (χ0) is 18.0. The maximum atomic E-state index is 13.0. The molecule has 1 aromatic heterocycles. The highest BCUT2D eigenvalue weighted by molar-refractivity contribution is 8.00. The predicted molar refractivity (Wildman–Crippen MR) is 86.9 cm³/mol. The van der Waals surface area contributed by atoms with Crippen molar-refractivity contribution in [1.82, 2.24) is 9.55 Å². The molecule has 2 aromatic rings. The Morgan fingerprint density at radius 3 is 2.84 bits per heavy atom. The molecule has 136 valence electrons. The van der Waals surface area contributed by atoms with E-state index in [-0.39, 0.29) is 29.8 Å². The van der Waals surface area contributed by atoms with Gasteiger partial charge in [-0.1, -0.05) is 23.9 Å². The van der Waals surface area contributed by atoms with E-state index in [2.05, 4.69) is 4.98 Å². The summed E-state index contributed by atoms with van der Waals surface area (Å²) in [6.07, 6.45) is 1.11. The summed E-state index contributed by atoms with van der Waals surface area (Å²) in [6.45, 7) is 1.84. The predicted octanol–water partition coefficient (Wildman–Crippen LogP) is 3.26. The Balaban J connectivity index is 1.54. The summed E-state index contributed by atoms with van der Waals surface area (Å²) in [7, 11) is 0. The zero-order valence-electron chi connectivity index (χ0n) is 13.3. The van der Waals surface area contributed by atoms with Gasteiger partial charge in [0.15, 0.2) is 5.82 Å². The third kappa shape index (κ3) is 4.82. The van der Waals surface area contributed by atoms with Crippen molar-refractivity contribution in [2.45, 2.75) is 36.3 Å². The number of imidazole rings is 1. The van der Waals surface area contributed by atoms with E-state index >= 15 is 0 Å². The number of hydrogen-bond acceptors (Lipinski definition) is 7. The number of nitrogens with zero attached hydrogens (tertiary/aromatic N) is 3. The smallest absolute Gasteiger partial charge is 0.298 e. The van der Waals surface area contributed by atoms with E-state index in [1.54, 1.807) is 28.8 Å². The number of anilines is 1. The van der Waals surface area contributed by atoms with Crippen LogP contribution < -0.4 is 9.96 Å². The molecule has 0 spiro atoms. The van der Waals surface area contributed by atoms with Gasteiger partial charge in [0.1, 0.15) is 12.7 Å². The highest BCUT2D eigenvalue weighted by Crippen LogP contribution is 2.35. The van der Waals surface area contributed by atoms with Crippen LogP contribution in [0.4, 0.5) is 14.6 Å². The summed E-state index contributed by atoms with van der Waals surface area (Å²) >= 11 is 0.498. The van der Waals surface area contributed by atoms with Crippen LogP contribution in [0.2, 0.25) is 0 Å². The van der Waals surface area contributed by atoms with Crippen LogP contribution in [-0.2, 0) is 17.9 Å². The van der Waals surface area contributed by atoms with Crippen molar-refractivity contribution in [3.8, 4) is 6.01 Å². The fourth-order valence-corrected chi connectivity index (χ4v) is 3.03. The topological polar surface area (TPSA) is 82.8 Å². The lowest BCUT2D eigenvalue weighted by Gasteiger charge is -2.24. The van der Waals surface area contributed by atoms with Crippen molar-refractivity contribution in [2.75, 3.05) is 11.8 Å². The molecule has 0 aliphatic carbocycles. The molecule has 1 aliphatic rings. The Morgan fingerprint density at radius 2 is 2.20 bits per heavy atom. The number of thioether (sulfide) groups is 1. The molecule has 0 saturated carbocycles. The summed E-state index contributed by atoms with van der Waals surface area (Å²) < 4.78 is 38.6. The number of aromatic nitrogens is 2. The monoisotopic (exact) mass is 372 g/mol. The van der Waals surface area contributed by atoms with Gasteiger partial charge in [0.05, 0.1) is 19.3 Å². The Kier molecular flexibility index (Phi) is 5.13. The molecule has 0 radical (unpaired) electrons. The van der Waals surface area contributed by atoms with Crippen LogP contribution in [0.3, 0.4) is 0 Å². The average molecular weight is 372 g/mol. The minimum absolute atomic E-state index is 0.156. The minimum Gasteiger partial charge on any atom is -0.732 e. The molecule has 25 heavy (non-hydrogen) atoms. The van der Waals surface area contributed by atoms with Gasteiger partial charge in [0, 0.05) is 11.8 Å². The van der Waals surface area contributed by atoms with Gasteiger partial charge in [-0.05, 0) is 17.7 Å². The third-order valence-corrected chi connectivity index (χ3v) is 4.29. The molecule has 0 bridgehead atoms. The summed E-state index contributed by atoms with van der Waals surface area (Å²) in [5.74, 6) is -0.156. The largest absolute Gasteiger partial charge is 0.732 e. The molecular weight excluding hydrogens is 356 g/mol. The first-order valence-corrected chi connectivity index (χ1v) is 8.25. The lowest BCUT2D eigenvalue weighted by atomic mass is 10.2. The number of ether oxygens (including phenoxy) is 2. The molecule has 1 N–H and O–H groups in total. The van der Waals surface area contributed by atoms with Crippen molar-refractivity contribution in [2.24, 2.45) is 0 Å². The maximum absolute atomic E-state index is 13.0. The normalized spacial score (nSPS) is 17.1. The van der Waals surface area contributed by atoms with Crippen molar-refractivity contribution in [1.29, 1.82) is 0 Å². The highest BCUT2D eigenvalue weighted by Gasteiger charge is 2.23. The van der Waals surface area contributed by atoms with Gasteiger partial charge >= 0.3 is 0 Å². The van der Waals surface area contributed by atoms with Crippen LogP contribution in [0.25, 0.3) is 0 Å². The molecule has 1 atom stereocenters. The maximum Gasteiger partial charge on any atom is 0.298 e. The van der Waals surface area contributed by atoms with Crippen LogP contribution in [0.15, 0.2) is 35.4 Å². The van der Waals surface area contributed by atoms with E-state index in [1.165, 1.54) is 6.20 Å². The Labute approximate surface area is 146 Å². The van der Waals surface area contributed by atoms with Gasteiger partial charge in [0.25, 0.3) is 11.3 Å². The molecule has 2 heterocycles. The van der Waals surface area contributed by atoms with Gasteiger partial charge in [-0.15, -0.1) is 0 Å². The lowest BCUT2D eigenvalue weighted by Crippen LogP contribution is -2.32. The number of hydrogen-bond donors (Lipinski definition) is 1. The molecule has 7 nitrogen and oxygen atoms in total. The second-order valence-electron chi connectivity index (χ2n) is 5.60. The molecule has 1 aromatic carbocycles. The number of fused-ring (bicyclic) bond motifs is 1. The zero-order valence-corrected chi connectivity index (χ0v) is 14.1. The lowest BCUT2D eigenvalue weighted by molar-refractivity contribution is -0.0201. The first-order valence-electron chi connectivity index (χ1n) is 7.43. The van der Waals surface area contributed by atoms with Gasteiger partial charge in [-0.25, -0.2) is 0 Å². The fraction of sp³-hybridized carbons (Fsp3) is 0.400. The van der Waals surface area contributed by atoms with Gasteiger partial charge in [-0.3, -0.25) is 9.77 Å². The molecule has 10 heteroatoms. The van der Waals surface area contributed by atoms with Crippen LogP contribution in [-0.4, -0.2) is 32.7 Å². The third-order valence-electron chi connectivity index (χ3n) is 3.43. The summed E-state index contributed by atoms with van der Waals surface area (Å²) in [5, 5.41) is 16.5. The average Bonchev–Trinajstić information content (AvgIpc) is 2.96. The Morgan fingerprint density at radius 1 is 1.48 bits per heavy atom. The highest BCUT2D eigenvalue weighted by atomic mass is 32.2. The summed E-state index contributed by atoms with van der Waals surface area (Å²) in [4.78, 5) is 4.31. The molecule has 0 fully saturated rings. The van der Waals surface area contributed by atoms with Crippen LogP contribution in [0.1, 0.15) is 12.5 Å². The number of benzene rings is 1. The van der Waals surface area contributed by atoms with Gasteiger partial charge in [-0.2, -0.15) is 13.8 Å². The van der Waals surface area contributed by atoms with E-state index in [9.17, 15) is 14.0 Å². The van der Waals surface area contributed by atoms with Crippen molar-refractivity contribution in [3.63, 3.8) is 0 Å². The second-order valence-corrected chi connectivity index (χ2v) is 7.00. The molecule has 3 rings (SSSR count). The quantitative estimate of drug-likeness (QED) is 0.615. The first kappa shape index (κ1) is 17.9. The molecule has 0 amide bonds. The van der Waals surface area contributed by atoms with E-state index < -0.39 is 5.25 Å². The van der Waals surface area contributed by atoms with Crippen molar-refractivity contribution < 1.29 is 23.5 Å². The Hall–Kier alpha value is -1.88. The van der Waals surface area contributed by atoms with Crippen molar-refractivity contribution in [3.05, 3.63) is 41.2 Å². The second kappa shape index (κ2) is 7.16. The number of rotatable bonds is 6. The SMILES string of the molecule is CC(F)(F)Sc1ccc(CO[C@@H]2COc3nc(N([O-])O)cn3C2)cc1. The summed E-state index contributed by atoms with van der Waals surface area (Å²) in [5.41, 5.74) is 0.849. The minimum atomic E-state index is -2.81. The van der Waals surface area contributed by atoms with E-state index in [0.29, 0.717) is 29.8 Å². The number of halogens is 2.